The molecular weight excluding hydrogens is 236 g/mol. The van der Waals surface area contributed by atoms with Gasteiger partial charge in [0.15, 0.2) is 5.89 Å². The van der Waals surface area contributed by atoms with Gasteiger partial charge in [-0.3, -0.25) is 0 Å². The molecular formula is C11H10N4OS. The lowest BCUT2D eigenvalue weighted by Gasteiger charge is -1.93. The number of hydrogen-bond acceptors (Lipinski definition) is 6. The Balaban J connectivity index is 2.10. The average Bonchev–Trinajstić information content (AvgIpc) is 2.86. The van der Waals surface area contributed by atoms with E-state index in [1.54, 1.807) is 24.5 Å². The largest absolute Gasteiger partial charge is 0.422 e. The molecule has 0 aromatic carbocycles. The first-order valence-electron chi connectivity index (χ1n) is 4.91. The molecule has 2 aromatic heterocycles. The van der Waals surface area contributed by atoms with Gasteiger partial charge in [-0.25, -0.2) is 10.4 Å². The fourth-order valence-electron chi connectivity index (χ4n) is 1.24. The van der Waals surface area contributed by atoms with E-state index in [1.807, 2.05) is 24.4 Å². The van der Waals surface area contributed by atoms with Crippen LogP contribution in [0.25, 0.3) is 0 Å². The van der Waals surface area contributed by atoms with Crippen molar-refractivity contribution >= 4 is 23.4 Å². The number of hydrazone groups is 1. The lowest BCUT2D eigenvalue weighted by Crippen LogP contribution is -1.91. The normalized spacial score (nSPS) is 10.6. The van der Waals surface area contributed by atoms with Crippen LogP contribution in [-0.4, -0.2) is 11.2 Å². The maximum absolute atomic E-state index is 8.80. The summed E-state index contributed by atoms with van der Waals surface area (Å²) in [6.45, 7) is 3.69. The lowest BCUT2D eigenvalue weighted by atomic mass is 10.3. The number of rotatable bonds is 3. The van der Waals surface area contributed by atoms with Gasteiger partial charge in [-0.05, 0) is 23.9 Å². The highest BCUT2D eigenvalue weighted by Gasteiger charge is 2.08. The molecule has 2 rings (SSSR count). The summed E-state index contributed by atoms with van der Waals surface area (Å²) in [6.07, 6.45) is 1.69. The summed E-state index contributed by atoms with van der Waals surface area (Å²) in [5.41, 5.74) is 4.05. The quantitative estimate of drug-likeness (QED) is 0.667. The van der Waals surface area contributed by atoms with Crippen LogP contribution in [0.5, 0.6) is 0 Å². The highest BCUT2D eigenvalue weighted by atomic mass is 32.1. The van der Waals surface area contributed by atoms with Crippen LogP contribution in [0.4, 0.5) is 5.88 Å². The zero-order valence-electron chi connectivity index (χ0n) is 9.39. The Bertz CT molecular complexity index is 591. The molecule has 5 nitrogen and oxygen atoms in total. The van der Waals surface area contributed by atoms with Crippen molar-refractivity contribution in [2.24, 2.45) is 5.10 Å². The van der Waals surface area contributed by atoms with Gasteiger partial charge >= 0.3 is 0 Å². The number of nitriles is 1. The fourth-order valence-corrected chi connectivity index (χ4v) is 2.03. The Hall–Kier alpha value is -2.13. The first-order valence-corrected chi connectivity index (χ1v) is 5.79. The molecule has 0 aliphatic heterocycles. The number of anilines is 1. The highest BCUT2D eigenvalue weighted by Crippen LogP contribution is 2.16. The van der Waals surface area contributed by atoms with Gasteiger partial charge < -0.3 is 4.42 Å². The van der Waals surface area contributed by atoms with Gasteiger partial charge in [0.1, 0.15) is 6.07 Å². The molecule has 0 saturated heterocycles. The molecule has 0 aliphatic carbocycles. The van der Waals surface area contributed by atoms with E-state index in [2.05, 4.69) is 15.5 Å². The number of thiophene rings is 1. The highest BCUT2D eigenvalue weighted by molar-refractivity contribution is 7.11. The summed E-state index contributed by atoms with van der Waals surface area (Å²) in [5, 5.41) is 14.8. The van der Waals surface area contributed by atoms with Crippen LogP contribution in [0, 0.1) is 25.2 Å². The Morgan fingerprint density at radius 1 is 1.59 bits per heavy atom. The molecule has 0 atom stereocenters. The van der Waals surface area contributed by atoms with Crippen LogP contribution in [0.15, 0.2) is 21.0 Å². The van der Waals surface area contributed by atoms with E-state index in [0.29, 0.717) is 5.89 Å². The van der Waals surface area contributed by atoms with Crippen molar-refractivity contribution in [3.05, 3.63) is 33.5 Å². The molecule has 0 bridgehead atoms. The zero-order valence-corrected chi connectivity index (χ0v) is 10.2. The monoisotopic (exact) mass is 246 g/mol. The van der Waals surface area contributed by atoms with Crippen molar-refractivity contribution in [1.82, 2.24) is 4.98 Å². The van der Waals surface area contributed by atoms with Crippen LogP contribution in [-0.2, 0) is 0 Å². The van der Waals surface area contributed by atoms with E-state index < -0.39 is 0 Å². The number of aromatic nitrogens is 1. The molecule has 0 unspecified atom stereocenters. The van der Waals surface area contributed by atoms with Crippen LogP contribution in [0.2, 0.25) is 0 Å². The van der Waals surface area contributed by atoms with Crippen molar-refractivity contribution in [3.63, 3.8) is 0 Å². The minimum absolute atomic E-state index is 0.211. The molecule has 17 heavy (non-hydrogen) atoms. The first kappa shape index (κ1) is 11.4. The third-order valence-corrected chi connectivity index (χ3v) is 3.04. The van der Waals surface area contributed by atoms with Crippen LogP contribution >= 0.6 is 11.3 Å². The summed E-state index contributed by atoms with van der Waals surface area (Å²) in [5.74, 6) is 0.710. The van der Waals surface area contributed by atoms with E-state index >= 15 is 0 Å². The number of nitrogens with one attached hydrogen (secondary N) is 1. The third-order valence-electron chi connectivity index (χ3n) is 2.09. The van der Waals surface area contributed by atoms with E-state index in [1.165, 1.54) is 0 Å². The summed E-state index contributed by atoms with van der Waals surface area (Å²) in [7, 11) is 0. The number of hydrogen-bond donors (Lipinski definition) is 1. The van der Waals surface area contributed by atoms with Crippen molar-refractivity contribution < 1.29 is 4.42 Å². The number of oxazole rings is 1. The maximum atomic E-state index is 8.80. The topological polar surface area (TPSA) is 74.2 Å². The first-order chi connectivity index (χ1) is 8.20. The molecule has 0 aliphatic rings. The summed E-state index contributed by atoms with van der Waals surface area (Å²) in [6, 6.07) is 3.95. The zero-order chi connectivity index (χ0) is 12.3. The predicted molar refractivity (Wildman–Crippen MR) is 66.2 cm³/mol. The number of nitrogens with zero attached hydrogens (tertiary/aromatic N) is 3. The van der Waals surface area contributed by atoms with Crippen molar-refractivity contribution in [2.45, 2.75) is 13.8 Å². The van der Waals surface area contributed by atoms with Crippen molar-refractivity contribution in [3.8, 4) is 6.07 Å². The fraction of sp³-hybridized carbons (Fsp3) is 0.182. The van der Waals surface area contributed by atoms with Crippen molar-refractivity contribution in [2.75, 3.05) is 5.43 Å². The Morgan fingerprint density at radius 2 is 2.41 bits per heavy atom. The second-order valence-corrected chi connectivity index (χ2v) is 4.31. The molecule has 1 N–H and O–H groups in total. The van der Waals surface area contributed by atoms with Gasteiger partial charge in [0, 0.05) is 11.8 Å². The standard InChI is InChI=1S/C11H10N4OS/c1-7-3-4-17-10(7)6-13-15-11-9(5-12)14-8(2)16-11/h3-4,6,15H,1-2H3/b13-6+. The van der Waals surface area contributed by atoms with Gasteiger partial charge in [-0.2, -0.15) is 10.4 Å². The van der Waals surface area contributed by atoms with Crippen LogP contribution in [0.1, 0.15) is 22.0 Å². The van der Waals surface area contributed by atoms with Crippen molar-refractivity contribution in [1.29, 1.82) is 5.26 Å². The maximum Gasteiger partial charge on any atom is 0.252 e. The number of aryl methyl sites for hydroxylation is 2. The van der Waals surface area contributed by atoms with E-state index in [9.17, 15) is 0 Å². The lowest BCUT2D eigenvalue weighted by molar-refractivity contribution is 0.533. The minimum Gasteiger partial charge on any atom is -0.422 e. The van der Waals surface area contributed by atoms with Gasteiger partial charge in [0.25, 0.3) is 5.88 Å². The molecule has 0 fully saturated rings. The molecule has 6 heteroatoms. The summed E-state index contributed by atoms with van der Waals surface area (Å²) >= 11 is 1.60. The second-order valence-electron chi connectivity index (χ2n) is 3.36. The molecule has 0 radical (unpaired) electrons. The predicted octanol–water partition coefficient (Wildman–Crippen LogP) is 2.67. The molecule has 86 valence electrons. The SMILES string of the molecule is Cc1nc(C#N)c(N/N=C/c2sccc2C)o1. The van der Waals surface area contributed by atoms with E-state index in [-0.39, 0.29) is 11.6 Å². The van der Waals surface area contributed by atoms with E-state index in [0.717, 1.165) is 10.4 Å². The second kappa shape index (κ2) is 4.80. The minimum atomic E-state index is 0.211. The van der Waals surface area contributed by atoms with Gasteiger partial charge in [-0.1, -0.05) is 0 Å². The molecule has 0 saturated carbocycles. The molecule has 0 amide bonds. The Kier molecular flexibility index (Phi) is 3.21. The summed E-state index contributed by atoms with van der Waals surface area (Å²) < 4.78 is 5.20. The van der Waals surface area contributed by atoms with Gasteiger partial charge in [0.05, 0.1) is 6.21 Å². The Morgan fingerprint density at radius 3 is 3.06 bits per heavy atom. The molecule has 2 heterocycles. The third kappa shape index (κ3) is 2.52. The average molecular weight is 246 g/mol. The Labute approximate surface area is 102 Å². The summed E-state index contributed by atoms with van der Waals surface area (Å²) in [4.78, 5) is 4.96. The van der Waals surface area contributed by atoms with Crippen LogP contribution in [0.3, 0.4) is 0 Å². The van der Waals surface area contributed by atoms with Crippen LogP contribution < -0.4 is 5.43 Å². The van der Waals surface area contributed by atoms with E-state index in [4.69, 9.17) is 9.68 Å². The van der Waals surface area contributed by atoms with Gasteiger partial charge in [0.2, 0.25) is 5.69 Å². The van der Waals surface area contributed by atoms with Gasteiger partial charge in [-0.15, -0.1) is 11.3 Å². The smallest absolute Gasteiger partial charge is 0.252 e. The molecule has 2 aromatic rings. The molecule has 0 spiro atoms.